The molecule has 0 saturated carbocycles. The van der Waals surface area contributed by atoms with E-state index in [1.807, 2.05) is 42.5 Å². The largest absolute Gasteiger partial charge is 0.265 e. The summed E-state index contributed by atoms with van der Waals surface area (Å²) < 4.78 is 2.60. The van der Waals surface area contributed by atoms with E-state index in [1.165, 1.54) is 0 Å². The Kier molecular flexibility index (Phi) is 2.90. The molecule has 0 unspecified atom stereocenters. The molecule has 2 heterocycles. The summed E-state index contributed by atoms with van der Waals surface area (Å²) in [6, 6.07) is 11.7. The van der Waals surface area contributed by atoms with Crippen LogP contribution in [0.5, 0.6) is 0 Å². The Labute approximate surface area is 112 Å². The Hall–Kier alpha value is -2.01. The third-order valence-electron chi connectivity index (χ3n) is 2.55. The molecule has 0 aliphatic heterocycles. The first-order valence-corrected chi connectivity index (χ1v) is 6.22. The third-order valence-corrected chi connectivity index (χ3v) is 3.11. The fourth-order valence-electron chi connectivity index (χ4n) is 1.69. The van der Waals surface area contributed by atoms with Crippen LogP contribution in [0, 0.1) is 0 Å². The van der Waals surface area contributed by atoms with E-state index in [0.717, 1.165) is 21.2 Å². The van der Waals surface area contributed by atoms with Crippen molar-refractivity contribution in [2.75, 3.05) is 0 Å². The van der Waals surface area contributed by atoms with Crippen molar-refractivity contribution in [3.05, 3.63) is 54.4 Å². The van der Waals surface area contributed by atoms with E-state index in [9.17, 15) is 0 Å². The van der Waals surface area contributed by atoms with Gasteiger partial charge >= 0.3 is 0 Å². The molecule has 5 heteroatoms. The minimum absolute atomic E-state index is 0.836. The number of nitrogens with zero attached hydrogens (tertiary/aromatic N) is 4. The Morgan fingerprint density at radius 2 is 1.89 bits per heavy atom. The molecule has 2 aromatic heterocycles. The van der Waals surface area contributed by atoms with Gasteiger partial charge in [-0.2, -0.15) is 0 Å². The van der Waals surface area contributed by atoms with E-state index in [-0.39, 0.29) is 0 Å². The summed E-state index contributed by atoms with van der Waals surface area (Å²) in [5.41, 5.74) is 2.89. The molecule has 1 aromatic carbocycles. The number of aromatic nitrogens is 4. The highest BCUT2D eigenvalue weighted by Gasteiger charge is 2.05. The number of halogens is 1. The first-order chi connectivity index (χ1) is 8.84. The van der Waals surface area contributed by atoms with E-state index in [4.69, 9.17) is 0 Å². The van der Waals surface area contributed by atoms with Crippen molar-refractivity contribution in [2.45, 2.75) is 0 Å². The predicted octanol–water partition coefficient (Wildman–Crippen LogP) is 3.18. The van der Waals surface area contributed by atoms with Crippen LogP contribution >= 0.6 is 15.9 Å². The van der Waals surface area contributed by atoms with Gasteiger partial charge in [-0.05, 0) is 51.8 Å². The number of pyridine rings is 1. The van der Waals surface area contributed by atoms with Crippen molar-refractivity contribution < 1.29 is 0 Å². The zero-order valence-electron chi connectivity index (χ0n) is 9.36. The van der Waals surface area contributed by atoms with E-state index < -0.39 is 0 Å². The van der Waals surface area contributed by atoms with E-state index >= 15 is 0 Å². The van der Waals surface area contributed by atoms with Gasteiger partial charge < -0.3 is 0 Å². The normalized spacial score (nSPS) is 11.9. The summed E-state index contributed by atoms with van der Waals surface area (Å²) in [5.74, 6) is 0. The minimum atomic E-state index is 0.836. The van der Waals surface area contributed by atoms with Gasteiger partial charge in [0.05, 0.1) is 5.52 Å². The van der Waals surface area contributed by atoms with Crippen LogP contribution in [0.15, 0.2) is 48.8 Å². The summed E-state index contributed by atoms with van der Waals surface area (Å²) in [4.78, 5) is 3.99. The maximum absolute atomic E-state index is 4.13. The van der Waals surface area contributed by atoms with Crippen LogP contribution in [0.1, 0.15) is 5.56 Å². The smallest absolute Gasteiger partial charge is 0.113 e. The van der Waals surface area contributed by atoms with Gasteiger partial charge in [-0.25, -0.2) is 4.68 Å². The average molecular weight is 301 g/mol. The second-order valence-electron chi connectivity index (χ2n) is 3.74. The van der Waals surface area contributed by atoms with Crippen molar-refractivity contribution in [2.24, 2.45) is 0 Å². The Morgan fingerprint density at radius 1 is 1.11 bits per heavy atom. The molecule has 88 valence electrons. The molecule has 18 heavy (non-hydrogen) atoms. The van der Waals surface area contributed by atoms with Gasteiger partial charge in [-0.3, -0.25) is 4.98 Å². The second kappa shape index (κ2) is 4.70. The Bertz CT molecular complexity index is 703. The number of para-hydroxylation sites is 1. The maximum Gasteiger partial charge on any atom is 0.113 e. The van der Waals surface area contributed by atoms with Gasteiger partial charge in [0, 0.05) is 12.4 Å². The number of rotatable bonds is 2. The molecule has 0 atom stereocenters. The van der Waals surface area contributed by atoms with Crippen LogP contribution in [-0.4, -0.2) is 20.0 Å². The lowest BCUT2D eigenvalue weighted by Gasteiger charge is -2.00. The number of hydrogen-bond donors (Lipinski definition) is 0. The van der Waals surface area contributed by atoms with E-state index in [0.29, 0.717) is 0 Å². The molecule has 0 spiro atoms. The minimum Gasteiger partial charge on any atom is -0.265 e. The predicted molar refractivity (Wildman–Crippen MR) is 74.9 cm³/mol. The summed E-state index contributed by atoms with van der Waals surface area (Å²) >= 11 is 3.52. The first kappa shape index (κ1) is 11.1. The fourth-order valence-corrected chi connectivity index (χ4v) is 2.21. The summed E-state index contributed by atoms with van der Waals surface area (Å²) in [7, 11) is 0. The lowest BCUT2D eigenvalue weighted by Crippen LogP contribution is -1.93. The van der Waals surface area contributed by atoms with Crippen LogP contribution in [0.3, 0.4) is 0 Å². The standard InChI is InChI=1S/C13H9BrN4/c14-13(9-10-5-7-15-8-6-10)18-12-4-2-1-3-11(12)16-17-18/h1-9H/b13-9+. The molecule has 0 fully saturated rings. The lowest BCUT2D eigenvalue weighted by molar-refractivity contribution is 0.858. The lowest BCUT2D eigenvalue weighted by atomic mass is 10.2. The van der Waals surface area contributed by atoms with Gasteiger partial charge in [0.25, 0.3) is 0 Å². The monoisotopic (exact) mass is 300 g/mol. The zero-order chi connectivity index (χ0) is 12.4. The molecular weight excluding hydrogens is 292 g/mol. The number of hydrogen-bond acceptors (Lipinski definition) is 3. The Balaban J connectivity index is 2.07. The molecule has 4 nitrogen and oxygen atoms in total. The van der Waals surface area contributed by atoms with Crippen molar-refractivity contribution in [1.82, 2.24) is 20.0 Å². The zero-order valence-corrected chi connectivity index (χ0v) is 10.9. The number of fused-ring (bicyclic) bond motifs is 1. The first-order valence-electron chi connectivity index (χ1n) is 5.42. The van der Waals surface area contributed by atoms with Crippen LogP contribution in [0.2, 0.25) is 0 Å². The van der Waals surface area contributed by atoms with Crippen LogP contribution in [0.4, 0.5) is 0 Å². The average Bonchev–Trinajstić information content (AvgIpc) is 2.84. The second-order valence-corrected chi connectivity index (χ2v) is 4.55. The molecule has 0 aliphatic rings. The van der Waals surface area contributed by atoms with E-state index in [1.54, 1.807) is 17.1 Å². The van der Waals surface area contributed by atoms with Crippen molar-refractivity contribution in [3.63, 3.8) is 0 Å². The van der Waals surface area contributed by atoms with Crippen LogP contribution in [-0.2, 0) is 0 Å². The molecule has 0 radical (unpaired) electrons. The Morgan fingerprint density at radius 3 is 2.72 bits per heavy atom. The SMILES string of the molecule is Br/C(=C\c1ccncc1)n1nnc2ccccc21. The molecular formula is C13H9BrN4. The van der Waals surface area contributed by atoms with E-state index in [2.05, 4.69) is 31.2 Å². The maximum atomic E-state index is 4.13. The van der Waals surface area contributed by atoms with Gasteiger partial charge in [-0.15, -0.1) is 5.10 Å². The fraction of sp³-hybridized carbons (Fsp3) is 0. The molecule has 3 aromatic rings. The number of benzene rings is 1. The molecule has 0 saturated heterocycles. The van der Waals surface area contributed by atoms with Crippen LogP contribution in [0.25, 0.3) is 21.7 Å². The van der Waals surface area contributed by atoms with Crippen LogP contribution < -0.4 is 0 Å². The van der Waals surface area contributed by atoms with Gasteiger partial charge in [0.1, 0.15) is 10.1 Å². The molecule has 0 bridgehead atoms. The third kappa shape index (κ3) is 2.04. The topological polar surface area (TPSA) is 43.6 Å². The summed E-state index contributed by atoms with van der Waals surface area (Å²) in [6.45, 7) is 0. The van der Waals surface area contributed by atoms with Crippen molar-refractivity contribution in [1.29, 1.82) is 0 Å². The van der Waals surface area contributed by atoms with Gasteiger partial charge in [0.2, 0.25) is 0 Å². The molecule has 0 amide bonds. The summed E-state index contributed by atoms with van der Waals surface area (Å²) in [5, 5.41) is 8.24. The molecule has 0 N–H and O–H groups in total. The highest BCUT2D eigenvalue weighted by molar-refractivity contribution is 9.15. The van der Waals surface area contributed by atoms with Crippen molar-refractivity contribution >= 4 is 37.6 Å². The summed E-state index contributed by atoms with van der Waals surface area (Å²) in [6.07, 6.45) is 5.49. The highest BCUT2D eigenvalue weighted by atomic mass is 79.9. The van der Waals surface area contributed by atoms with Crippen molar-refractivity contribution in [3.8, 4) is 0 Å². The van der Waals surface area contributed by atoms with Gasteiger partial charge in [-0.1, -0.05) is 17.3 Å². The quantitative estimate of drug-likeness (QED) is 0.730. The highest BCUT2D eigenvalue weighted by Crippen LogP contribution is 2.21. The molecule has 3 rings (SSSR count). The molecule has 0 aliphatic carbocycles. The van der Waals surface area contributed by atoms with Gasteiger partial charge in [0.15, 0.2) is 0 Å².